The average molecular weight is 228 g/mol. The first-order valence-corrected chi connectivity index (χ1v) is 6.32. The van der Waals surface area contributed by atoms with E-state index in [4.69, 9.17) is 4.74 Å². The van der Waals surface area contributed by atoms with E-state index in [1.807, 2.05) is 11.8 Å². The van der Waals surface area contributed by atoms with Crippen molar-refractivity contribution in [2.24, 2.45) is 0 Å². The minimum Gasteiger partial charge on any atom is -0.449 e. The van der Waals surface area contributed by atoms with Crippen LogP contribution in [0.5, 0.6) is 0 Å². The van der Waals surface area contributed by atoms with Crippen LogP contribution in [0.4, 0.5) is 4.79 Å². The standard InChI is InChI=1S/C12H24N2O2/c1-4-9-16-12(15)14(10(2)3)11-5-7-13-8-6-11/h10-11,13H,4-9H2,1-3H3. The first kappa shape index (κ1) is 13.3. The Morgan fingerprint density at radius 3 is 2.56 bits per heavy atom. The first-order valence-electron chi connectivity index (χ1n) is 6.32. The molecule has 1 rings (SSSR count). The number of ether oxygens (including phenoxy) is 1. The molecule has 0 atom stereocenters. The van der Waals surface area contributed by atoms with Crippen molar-refractivity contribution < 1.29 is 9.53 Å². The maximum Gasteiger partial charge on any atom is 0.410 e. The number of amides is 1. The highest BCUT2D eigenvalue weighted by Crippen LogP contribution is 2.16. The van der Waals surface area contributed by atoms with Gasteiger partial charge in [0.2, 0.25) is 0 Å². The Morgan fingerprint density at radius 2 is 2.06 bits per heavy atom. The van der Waals surface area contributed by atoms with E-state index >= 15 is 0 Å². The SMILES string of the molecule is CCCOC(=O)N(C(C)C)C1CCNCC1. The van der Waals surface area contributed by atoms with Gasteiger partial charge in [0.25, 0.3) is 0 Å². The second-order valence-electron chi connectivity index (χ2n) is 4.60. The molecule has 1 N–H and O–H groups in total. The lowest BCUT2D eigenvalue weighted by molar-refractivity contribution is 0.0647. The van der Waals surface area contributed by atoms with Crippen LogP contribution in [0.3, 0.4) is 0 Å². The lowest BCUT2D eigenvalue weighted by Crippen LogP contribution is -2.49. The van der Waals surface area contributed by atoms with Crippen molar-refractivity contribution in [3.8, 4) is 0 Å². The molecule has 0 spiro atoms. The van der Waals surface area contributed by atoms with Crippen molar-refractivity contribution in [1.82, 2.24) is 10.2 Å². The van der Waals surface area contributed by atoms with Crippen molar-refractivity contribution in [3.05, 3.63) is 0 Å². The van der Waals surface area contributed by atoms with Crippen molar-refractivity contribution in [2.45, 2.75) is 52.1 Å². The number of nitrogens with zero attached hydrogens (tertiary/aromatic N) is 1. The fraction of sp³-hybridized carbons (Fsp3) is 0.917. The summed E-state index contributed by atoms with van der Waals surface area (Å²) in [5, 5.41) is 3.31. The van der Waals surface area contributed by atoms with Gasteiger partial charge in [0.05, 0.1) is 6.61 Å². The molecule has 0 aromatic rings. The van der Waals surface area contributed by atoms with E-state index in [9.17, 15) is 4.79 Å². The second-order valence-corrected chi connectivity index (χ2v) is 4.60. The van der Waals surface area contributed by atoms with Crippen LogP contribution in [0.1, 0.15) is 40.0 Å². The minimum absolute atomic E-state index is 0.149. The molecule has 1 saturated heterocycles. The van der Waals surface area contributed by atoms with Gasteiger partial charge in [0.1, 0.15) is 0 Å². The van der Waals surface area contributed by atoms with Crippen LogP contribution in [0.15, 0.2) is 0 Å². The fourth-order valence-electron chi connectivity index (χ4n) is 2.13. The Labute approximate surface area is 98.3 Å². The third-order valence-electron chi connectivity index (χ3n) is 2.90. The summed E-state index contributed by atoms with van der Waals surface area (Å²) < 4.78 is 5.23. The van der Waals surface area contributed by atoms with Gasteiger partial charge in [-0.1, -0.05) is 6.92 Å². The summed E-state index contributed by atoms with van der Waals surface area (Å²) in [5.74, 6) is 0. The molecule has 94 valence electrons. The topological polar surface area (TPSA) is 41.6 Å². The lowest BCUT2D eigenvalue weighted by Gasteiger charge is -2.36. The van der Waals surface area contributed by atoms with Crippen LogP contribution < -0.4 is 5.32 Å². The highest BCUT2D eigenvalue weighted by Gasteiger charge is 2.28. The normalized spacial score (nSPS) is 17.5. The molecule has 1 fully saturated rings. The van der Waals surface area contributed by atoms with Gasteiger partial charge in [-0.05, 0) is 46.2 Å². The molecule has 1 amide bonds. The van der Waals surface area contributed by atoms with Crippen molar-refractivity contribution in [1.29, 1.82) is 0 Å². The molecule has 0 aromatic carbocycles. The van der Waals surface area contributed by atoms with Crippen molar-refractivity contribution in [2.75, 3.05) is 19.7 Å². The summed E-state index contributed by atoms with van der Waals surface area (Å²) in [7, 11) is 0. The maximum absolute atomic E-state index is 11.9. The van der Waals surface area contributed by atoms with E-state index in [2.05, 4.69) is 19.2 Å². The summed E-state index contributed by atoms with van der Waals surface area (Å²) in [6.45, 7) is 8.62. The quantitative estimate of drug-likeness (QED) is 0.800. The number of hydrogen-bond acceptors (Lipinski definition) is 3. The Hall–Kier alpha value is -0.770. The highest BCUT2D eigenvalue weighted by molar-refractivity contribution is 5.68. The van der Waals surface area contributed by atoms with Gasteiger partial charge in [-0.15, -0.1) is 0 Å². The molecule has 1 heterocycles. The van der Waals surface area contributed by atoms with Gasteiger partial charge in [0, 0.05) is 12.1 Å². The number of rotatable bonds is 4. The lowest BCUT2D eigenvalue weighted by atomic mass is 10.0. The molecule has 0 aromatic heterocycles. The summed E-state index contributed by atoms with van der Waals surface area (Å²) in [5.41, 5.74) is 0. The smallest absolute Gasteiger partial charge is 0.410 e. The van der Waals surface area contributed by atoms with E-state index in [0.29, 0.717) is 12.6 Å². The summed E-state index contributed by atoms with van der Waals surface area (Å²) in [4.78, 5) is 13.8. The third-order valence-corrected chi connectivity index (χ3v) is 2.90. The van der Waals surface area contributed by atoms with E-state index in [1.54, 1.807) is 0 Å². The van der Waals surface area contributed by atoms with Gasteiger partial charge in [-0.2, -0.15) is 0 Å². The molecular weight excluding hydrogens is 204 g/mol. The molecule has 4 heteroatoms. The predicted molar refractivity (Wildman–Crippen MR) is 64.5 cm³/mol. The van der Waals surface area contributed by atoms with Crippen molar-refractivity contribution in [3.63, 3.8) is 0 Å². The van der Waals surface area contributed by atoms with E-state index in [-0.39, 0.29) is 12.1 Å². The van der Waals surface area contributed by atoms with Crippen molar-refractivity contribution >= 4 is 6.09 Å². The second kappa shape index (κ2) is 6.74. The Bertz CT molecular complexity index is 213. The molecule has 0 unspecified atom stereocenters. The van der Waals surface area contributed by atoms with Gasteiger partial charge < -0.3 is 15.0 Å². The molecule has 1 aliphatic rings. The number of nitrogens with one attached hydrogen (secondary N) is 1. The Balaban J connectivity index is 2.54. The zero-order chi connectivity index (χ0) is 12.0. The number of carbonyl (C=O) groups excluding carboxylic acids is 1. The minimum atomic E-state index is -0.149. The van der Waals surface area contributed by atoms with Crippen LogP contribution >= 0.6 is 0 Å². The zero-order valence-electron chi connectivity index (χ0n) is 10.7. The van der Waals surface area contributed by atoms with Gasteiger partial charge in [-0.25, -0.2) is 4.79 Å². The molecule has 0 saturated carbocycles. The molecular formula is C12H24N2O2. The predicted octanol–water partition coefficient (Wildman–Crippen LogP) is 2.00. The molecule has 0 bridgehead atoms. The summed E-state index contributed by atoms with van der Waals surface area (Å²) >= 11 is 0. The maximum atomic E-state index is 11.9. The average Bonchev–Trinajstić information content (AvgIpc) is 2.27. The highest BCUT2D eigenvalue weighted by atomic mass is 16.6. The number of hydrogen-bond donors (Lipinski definition) is 1. The number of carbonyl (C=O) groups is 1. The Kier molecular flexibility index (Phi) is 5.60. The molecule has 0 radical (unpaired) electrons. The van der Waals surface area contributed by atoms with Crippen LogP contribution in [0.2, 0.25) is 0 Å². The molecule has 0 aliphatic carbocycles. The van der Waals surface area contributed by atoms with Crippen LogP contribution in [-0.2, 0) is 4.74 Å². The number of piperidine rings is 1. The van der Waals surface area contributed by atoms with Crippen LogP contribution in [0, 0.1) is 0 Å². The zero-order valence-corrected chi connectivity index (χ0v) is 10.7. The monoisotopic (exact) mass is 228 g/mol. The van der Waals surface area contributed by atoms with E-state index in [1.165, 1.54) is 0 Å². The largest absolute Gasteiger partial charge is 0.449 e. The first-order chi connectivity index (χ1) is 7.66. The molecule has 4 nitrogen and oxygen atoms in total. The summed E-state index contributed by atoms with van der Waals surface area (Å²) in [6.07, 6.45) is 2.78. The van der Waals surface area contributed by atoms with Gasteiger partial charge >= 0.3 is 6.09 Å². The van der Waals surface area contributed by atoms with Gasteiger partial charge in [0.15, 0.2) is 0 Å². The molecule has 16 heavy (non-hydrogen) atoms. The van der Waals surface area contributed by atoms with Crippen LogP contribution in [-0.4, -0.2) is 42.8 Å². The van der Waals surface area contributed by atoms with Crippen LogP contribution in [0.25, 0.3) is 0 Å². The Morgan fingerprint density at radius 1 is 1.44 bits per heavy atom. The molecule has 1 aliphatic heterocycles. The van der Waals surface area contributed by atoms with E-state index in [0.717, 1.165) is 32.4 Å². The van der Waals surface area contributed by atoms with Gasteiger partial charge in [-0.3, -0.25) is 0 Å². The fourth-order valence-corrected chi connectivity index (χ4v) is 2.13. The van der Waals surface area contributed by atoms with E-state index < -0.39 is 0 Å². The summed E-state index contributed by atoms with van der Waals surface area (Å²) in [6, 6.07) is 0.554. The third kappa shape index (κ3) is 3.67.